The van der Waals surface area contributed by atoms with Gasteiger partial charge in [-0.15, -0.1) is 0 Å². The summed E-state index contributed by atoms with van der Waals surface area (Å²) < 4.78 is 5.29. The van der Waals surface area contributed by atoms with Gasteiger partial charge in [-0.2, -0.15) is 4.98 Å². The molecule has 0 bridgehead atoms. The summed E-state index contributed by atoms with van der Waals surface area (Å²) in [5, 5.41) is 20.4. The fourth-order valence-electron chi connectivity index (χ4n) is 3.19. The van der Waals surface area contributed by atoms with E-state index in [2.05, 4.69) is 10.3 Å². The Kier molecular flexibility index (Phi) is 3.92. The Balaban J connectivity index is 1.57. The van der Waals surface area contributed by atoms with Gasteiger partial charge in [0.1, 0.15) is 0 Å². The second kappa shape index (κ2) is 6.28. The van der Waals surface area contributed by atoms with Crippen LogP contribution in [0.2, 0.25) is 0 Å². The van der Waals surface area contributed by atoms with Crippen molar-refractivity contribution in [2.45, 2.75) is 18.3 Å². The fraction of sp³-hybridized carbons (Fsp3) is 0.150. The molecule has 136 valence electrons. The molecule has 0 atom stereocenters. The van der Waals surface area contributed by atoms with Crippen LogP contribution in [0.25, 0.3) is 22.5 Å². The lowest BCUT2D eigenvalue weighted by Crippen LogP contribution is -2.19. The summed E-state index contributed by atoms with van der Waals surface area (Å²) in [7, 11) is 0. The van der Waals surface area contributed by atoms with E-state index in [1.165, 1.54) is 6.39 Å². The molecule has 1 amide bonds. The van der Waals surface area contributed by atoms with Gasteiger partial charge in [0.05, 0.1) is 5.41 Å². The fourth-order valence-corrected chi connectivity index (χ4v) is 3.19. The van der Waals surface area contributed by atoms with Crippen LogP contribution in [0.1, 0.15) is 18.4 Å². The normalized spacial score (nSPS) is 14.5. The lowest BCUT2D eigenvalue weighted by atomic mass is 9.93. The topological polar surface area (TPSA) is 113 Å². The van der Waals surface area contributed by atoms with E-state index in [1.54, 1.807) is 0 Å². The molecule has 0 saturated heterocycles. The number of carboxylic acids is 1. The minimum absolute atomic E-state index is 0.142. The molecule has 1 heterocycles. The van der Waals surface area contributed by atoms with Crippen molar-refractivity contribution in [3.8, 4) is 22.5 Å². The van der Waals surface area contributed by atoms with E-state index in [4.69, 9.17) is 9.52 Å². The van der Waals surface area contributed by atoms with Crippen molar-refractivity contribution < 1.29 is 24.2 Å². The van der Waals surface area contributed by atoms with Crippen molar-refractivity contribution in [2.75, 3.05) is 5.32 Å². The molecule has 1 fully saturated rings. The standard InChI is InChI=1S/C20H16N2O5/c23-18(24)20(9-10-20)15-7-5-13(6-8-15)12-1-3-14(4-2-12)16-17(21-11-27-16)22-19(25)26/h1-8,11,22H,9-10H2,(H,23,24)(H,25,26). The highest BCUT2D eigenvalue weighted by Crippen LogP contribution is 2.48. The number of oxazole rings is 1. The molecule has 7 heteroatoms. The summed E-state index contributed by atoms with van der Waals surface area (Å²) >= 11 is 0. The van der Waals surface area contributed by atoms with E-state index in [0.29, 0.717) is 24.2 Å². The molecule has 3 N–H and O–H groups in total. The highest BCUT2D eigenvalue weighted by molar-refractivity contribution is 5.87. The molecule has 1 aliphatic carbocycles. The van der Waals surface area contributed by atoms with Gasteiger partial charge in [0, 0.05) is 5.56 Å². The molecular formula is C20H16N2O5. The number of carbonyl (C=O) groups is 2. The second-order valence-electron chi connectivity index (χ2n) is 6.50. The number of carboxylic acid groups (broad SMARTS) is 2. The maximum atomic E-state index is 11.4. The molecule has 7 nitrogen and oxygen atoms in total. The summed E-state index contributed by atoms with van der Waals surface area (Å²) in [6.45, 7) is 0. The summed E-state index contributed by atoms with van der Waals surface area (Å²) in [5.41, 5.74) is 2.74. The van der Waals surface area contributed by atoms with Crippen molar-refractivity contribution >= 4 is 17.9 Å². The average molecular weight is 364 g/mol. The third kappa shape index (κ3) is 3.03. The number of aliphatic carboxylic acids is 1. The number of amides is 1. The van der Waals surface area contributed by atoms with Gasteiger partial charge in [-0.3, -0.25) is 10.1 Å². The number of aromatic nitrogens is 1. The molecule has 27 heavy (non-hydrogen) atoms. The maximum absolute atomic E-state index is 11.4. The number of benzene rings is 2. The van der Waals surface area contributed by atoms with Crippen LogP contribution in [0, 0.1) is 0 Å². The highest BCUT2D eigenvalue weighted by atomic mass is 16.4. The summed E-state index contributed by atoms with van der Waals surface area (Å²) in [4.78, 5) is 26.1. The van der Waals surface area contributed by atoms with Crippen molar-refractivity contribution in [1.82, 2.24) is 4.98 Å². The molecule has 1 aliphatic rings. The van der Waals surface area contributed by atoms with Crippen molar-refractivity contribution in [1.29, 1.82) is 0 Å². The van der Waals surface area contributed by atoms with Crippen LogP contribution in [0.3, 0.4) is 0 Å². The third-order valence-corrected chi connectivity index (χ3v) is 4.87. The highest BCUT2D eigenvalue weighted by Gasteiger charge is 2.51. The smallest absolute Gasteiger partial charge is 0.410 e. The minimum atomic E-state index is -1.21. The van der Waals surface area contributed by atoms with E-state index in [-0.39, 0.29) is 5.82 Å². The Bertz CT molecular complexity index is 1000. The number of hydrogen-bond acceptors (Lipinski definition) is 4. The predicted octanol–water partition coefficient (Wildman–Crippen LogP) is 4.21. The van der Waals surface area contributed by atoms with Gasteiger partial charge >= 0.3 is 12.1 Å². The molecule has 0 radical (unpaired) electrons. The third-order valence-electron chi connectivity index (χ3n) is 4.87. The van der Waals surface area contributed by atoms with Gasteiger partial charge in [0.2, 0.25) is 0 Å². The Morgan fingerprint density at radius 3 is 2.00 bits per heavy atom. The van der Waals surface area contributed by atoms with Crippen LogP contribution in [-0.2, 0) is 10.2 Å². The average Bonchev–Trinajstić information content (AvgIpc) is 3.36. The first kappa shape index (κ1) is 16.8. The number of nitrogens with zero attached hydrogens (tertiary/aromatic N) is 1. The van der Waals surface area contributed by atoms with E-state index < -0.39 is 17.5 Å². The molecular weight excluding hydrogens is 348 g/mol. The predicted molar refractivity (Wildman–Crippen MR) is 97.6 cm³/mol. The quantitative estimate of drug-likeness (QED) is 0.625. The number of hydrogen-bond donors (Lipinski definition) is 3. The van der Waals surface area contributed by atoms with Gasteiger partial charge in [-0.1, -0.05) is 48.5 Å². The van der Waals surface area contributed by atoms with Crippen molar-refractivity contribution in [3.05, 3.63) is 60.5 Å². The lowest BCUT2D eigenvalue weighted by Gasteiger charge is -2.11. The molecule has 2 aromatic carbocycles. The number of nitrogens with one attached hydrogen (secondary N) is 1. The number of anilines is 1. The SMILES string of the molecule is O=C(O)Nc1ncoc1-c1ccc(-c2ccc(C3(C(=O)O)CC3)cc2)cc1. The Morgan fingerprint density at radius 2 is 1.48 bits per heavy atom. The zero-order valence-electron chi connectivity index (χ0n) is 14.2. The molecule has 1 aromatic heterocycles. The molecule has 3 aromatic rings. The first-order chi connectivity index (χ1) is 13.0. The Labute approximate surface area is 154 Å². The first-order valence-electron chi connectivity index (χ1n) is 8.38. The lowest BCUT2D eigenvalue weighted by molar-refractivity contribution is -0.140. The summed E-state index contributed by atoms with van der Waals surface area (Å²) in [5.74, 6) is -0.281. The van der Waals surface area contributed by atoms with E-state index in [1.807, 2.05) is 48.5 Å². The van der Waals surface area contributed by atoms with Crippen LogP contribution < -0.4 is 5.32 Å². The van der Waals surface area contributed by atoms with E-state index in [0.717, 1.165) is 16.7 Å². The zero-order chi connectivity index (χ0) is 19.0. The summed E-state index contributed by atoms with van der Waals surface area (Å²) in [6.07, 6.45) is 1.33. The van der Waals surface area contributed by atoms with E-state index in [9.17, 15) is 14.7 Å². The van der Waals surface area contributed by atoms with Crippen LogP contribution >= 0.6 is 0 Å². The maximum Gasteiger partial charge on any atom is 0.410 e. The number of rotatable bonds is 5. The van der Waals surface area contributed by atoms with Gasteiger partial charge in [-0.25, -0.2) is 4.79 Å². The molecule has 0 aliphatic heterocycles. The van der Waals surface area contributed by atoms with Crippen LogP contribution in [-0.4, -0.2) is 27.3 Å². The zero-order valence-corrected chi connectivity index (χ0v) is 14.2. The van der Waals surface area contributed by atoms with Crippen LogP contribution in [0.5, 0.6) is 0 Å². The van der Waals surface area contributed by atoms with Crippen LogP contribution in [0.15, 0.2) is 59.3 Å². The van der Waals surface area contributed by atoms with Crippen LogP contribution in [0.4, 0.5) is 10.6 Å². The second-order valence-corrected chi connectivity index (χ2v) is 6.50. The molecule has 4 rings (SSSR count). The Hall–Kier alpha value is -3.61. The van der Waals surface area contributed by atoms with Gasteiger partial charge in [0.15, 0.2) is 18.0 Å². The Morgan fingerprint density at radius 1 is 0.926 bits per heavy atom. The van der Waals surface area contributed by atoms with Gasteiger partial charge < -0.3 is 14.6 Å². The summed E-state index contributed by atoms with van der Waals surface area (Å²) in [6, 6.07) is 15.0. The molecule has 0 unspecified atom stereocenters. The molecule has 0 spiro atoms. The largest absolute Gasteiger partial charge is 0.481 e. The van der Waals surface area contributed by atoms with Crippen molar-refractivity contribution in [3.63, 3.8) is 0 Å². The van der Waals surface area contributed by atoms with Gasteiger partial charge in [-0.05, 0) is 29.5 Å². The van der Waals surface area contributed by atoms with E-state index >= 15 is 0 Å². The first-order valence-corrected chi connectivity index (χ1v) is 8.38. The molecule has 1 saturated carbocycles. The van der Waals surface area contributed by atoms with Gasteiger partial charge in [0.25, 0.3) is 0 Å². The monoisotopic (exact) mass is 364 g/mol. The minimum Gasteiger partial charge on any atom is -0.481 e. The van der Waals surface area contributed by atoms with Crippen molar-refractivity contribution in [2.24, 2.45) is 0 Å².